The summed E-state index contributed by atoms with van der Waals surface area (Å²) in [5.41, 5.74) is 0. The van der Waals surface area contributed by atoms with Crippen LogP contribution in [0.2, 0.25) is 0 Å². The number of fused-ring (bicyclic) bond motifs is 2. The summed E-state index contributed by atoms with van der Waals surface area (Å²) in [6, 6.07) is 1.02. The van der Waals surface area contributed by atoms with Gasteiger partial charge in [0.25, 0.3) is 0 Å². The number of nitrogens with zero attached hydrogens (tertiary/aromatic N) is 2. The molecular formula is C14H26N2O. The Balaban J connectivity index is 1.77. The van der Waals surface area contributed by atoms with Crippen molar-refractivity contribution in [3.05, 3.63) is 0 Å². The van der Waals surface area contributed by atoms with Crippen molar-refractivity contribution in [2.24, 2.45) is 0 Å². The molecule has 0 saturated carbocycles. The van der Waals surface area contributed by atoms with Crippen LogP contribution < -0.4 is 0 Å². The highest BCUT2D eigenvalue weighted by molar-refractivity contribution is 5.74. The van der Waals surface area contributed by atoms with E-state index in [9.17, 15) is 4.79 Å². The number of carbonyl (C=O) groups is 1. The van der Waals surface area contributed by atoms with Crippen molar-refractivity contribution in [1.82, 2.24) is 9.80 Å². The van der Waals surface area contributed by atoms with Gasteiger partial charge in [-0.25, -0.2) is 0 Å². The summed E-state index contributed by atoms with van der Waals surface area (Å²) in [4.78, 5) is 16.3. The first-order valence-electron chi connectivity index (χ1n) is 7.23. The minimum Gasteiger partial charge on any atom is -0.334 e. The van der Waals surface area contributed by atoms with Gasteiger partial charge in [-0.15, -0.1) is 0 Å². The van der Waals surface area contributed by atoms with Crippen LogP contribution in [-0.2, 0) is 4.79 Å². The van der Waals surface area contributed by atoms with Gasteiger partial charge in [-0.3, -0.25) is 9.69 Å². The number of rotatable bonds is 5. The molecule has 0 aromatic carbocycles. The lowest BCUT2D eigenvalue weighted by atomic mass is 10.1. The maximum atomic E-state index is 11.6. The van der Waals surface area contributed by atoms with Gasteiger partial charge in [0.05, 0.1) is 0 Å². The molecule has 3 nitrogen and oxygen atoms in total. The topological polar surface area (TPSA) is 23.6 Å². The zero-order valence-electron chi connectivity index (χ0n) is 11.3. The molecule has 2 atom stereocenters. The normalized spacial score (nSPS) is 28.7. The molecule has 2 bridgehead atoms. The molecule has 0 aliphatic carbocycles. The monoisotopic (exact) mass is 238 g/mol. The van der Waals surface area contributed by atoms with Gasteiger partial charge in [0, 0.05) is 32.1 Å². The van der Waals surface area contributed by atoms with Crippen LogP contribution in [0.3, 0.4) is 0 Å². The fourth-order valence-corrected chi connectivity index (χ4v) is 3.45. The number of likely N-dealkylation sites (tertiary alicyclic amines) is 1. The molecule has 0 unspecified atom stereocenters. The molecule has 0 aromatic heterocycles. The fourth-order valence-electron chi connectivity index (χ4n) is 3.45. The van der Waals surface area contributed by atoms with E-state index in [0.717, 1.165) is 13.1 Å². The zero-order valence-corrected chi connectivity index (χ0v) is 11.3. The lowest BCUT2D eigenvalue weighted by Gasteiger charge is -2.40. The van der Waals surface area contributed by atoms with Crippen molar-refractivity contribution < 1.29 is 4.79 Å². The number of unbranched alkanes of at least 4 members (excludes halogenated alkanes) is 3. The Kier molecular flexibility index (Phi) is 4.43. The number of carbonyl (C=O) groups excluding carboxylic acids is 1. The van der Waals surface area contributed by atoms with Gasteiger partial charge in [-0.05, 0) is 25.8 Å². The van der Waals surface area contributed by atoms with Crippen LogP contribution in [0.15, 0.2) is 0 Å². The molecule has 3 heteroatoms. The van der Waals surface area contributed by atoms with Crippen molar-refractivity contribution in [3.63, 3.8) is 0 Å². The summed E-state index contributed by atoms with van der Waals surface area (Å²) in [6.07, 6.45) is 7.79. The maximum Gasteiger partial charge on any atom is 0.220 e. The highest BCUT2D eigenvalue weighted by Crippen LogP contribution is 2.30. The molecule has 2 fully saturated rings. The van der Waals surface area contributed by atoms with Gasteiger partial charge in [0.2, 0.25) is 5.91 Å². The number of amides is 1. The maximum absolute atomic E-state index is 11.6. The Morgan fingerprint density at radius 3 is 2.29 bits per heavy atom. The summed E-state index contributed by atoms with van der Waals surface area (Å²) >= 11 is 0. The molecule has 2 aliphatic heterocycles. The Morgan fingerprint density at radius 2 is 1.76 bits per heavy atom. The first-order chi connectivity index (χ1) is 8.22. The Morgan fingerprint density at radius 1 is 1.12 bits per heavy atom. The van der Waals surface area contributed by atoms with Crippen LogP contribution in [0, 0.1) is 0 Å². The molecule has 1 amide bonds. The molecule has 2 rings (SSSR count). The summed E-state index contributed by atoms with van der Waals surface area (Å²) < 4.78 is 0. The molecule has 17 heavy (non-hydrogen) atoms. The van der Waals surface area contributed by atoms with Gasteiger partial charge in [-0.2, -0.15) is 0 Å². The molecule has 2 saturated heterocycles. The van der Waals surface area contributed by atoms with Gasteiger partial charge in [0.1, 0.15) is 0 Å². The summed E-state index contributed by atoms with van der Waals surface area (Å²) in [5, 5.41) is 0. The van der Waals surface area contributed by atoms with E-state index in [4.69, 9.17) is 0 Å². The Bertz CT molecular complexity index is 253. The summed E-state index contributed by atoms with van der Waals surface area (Å²) in [7, 11) is 0. The molecule has 2 aliphatic rings. The molecule has 2 heterocycles. The predicted molar refractivity (Wildman–Crippen MR) is 69.9 cm³/mol. The van der Waals surface area contributed by atoms with Crippen LogP contribution in [0.1, 0.15) is 52.4 Å². The van der Waals surface area contributed by atoms with E-state index in [1.807, 2.05) is 0 Å². The van der Waals surface area contributed by atoms with Crippen molar-refractivity contribution in [2.75, 3.05) is 19.6 Å². The second-order valence-electron chi connectivity index (χ2n) is 5.63. The molecular weight excluding hydrogens is 212 g/mol. The van der Waals surface area contributed by atoms with Crippen molar-refractivity contribution in [3.8, 4) is 0 Å². The van der Waals surface area contributed by atoms with E-state index < -0.39 is 0 Å². The van der Waals surface area contributed by atoms with Crippen LogP contribution in [0.5, 0.6) is 0 Å². The summed E-state index contributed by atoms with van der Waals surface area (Å²) in [6.45, 7) is 7.44. The van der Waals surface area contributed by atoms with Gasteiger partial charge >= 0.3 is 0 Å². The standard InChI is InChI=1S/C14H26N2O/c1-3-4-5-6-9-15-10-13-7-8-14(11-15)16(13)12(2)17/h13-14H,3-11H2,1-2H3/t13-,14+. The van der Waals surface area contributed by atoms with Crippen LogP contribution in [0.25, 0.3) is 0 Å². The van der Waals surface area contributed by atoms with Crippen LogP contribution >= 0.6 is 0 Å². The quantitative estimate of drug-likeness (QED) is 0.686. The first kappa shape index (κ1) is 12.9. The van der Waals surface area contributed by atoms with E-state index in [2.05, 4.69) is 16.7 Å². The van der Waals surface area contributed by atoms with E-state index in [0.29, 0.717) is 12.1 Å². The first-order valence-corrected chi connectivity index (χ1v) is 7.23. The third-order valence-electron chi connectivity index (χ3n) is 4.25. The van der Waals surface area contributed by atoms with Crippen LogP contribution in [-0.4, -0.2) is 47.4 Å². The van der Waals surface area contributed by atoms with Crippen molar-refractivity contribution in [1.29, 1.82) is 0 Å². The molecule has 98 valence electrons. The van der Waals surface area contributed by atoms with Crippen molar-refractivity contribution in [2.45, 2.75) is 64.5 Å². The predicted octanol–water partition coefficient (Wildman–Crippen LogP) is 2.26. The minimum absolute atomic E-state index is 0.281. The molecule has 0 radical (unpaired) electrons. The van der Waals surface area contributed by atoms with Gasteiger partial charge < -0.3 is 4.90 Å². The lowest BCUT2D eigenvalue weighted by molar-refractivity contribution is -0.134. The second kappa shape index (κ2) is 5.85. The Labute approximate surface area is 105 Å². The molecule has 0 spiro atoms. The van der Waals surface area contributed by atoms with Crippen LogP contribution in [0.4, 0.5) is 0 Å². The highest BCUT2D eigenvalue weighted by Gasteiger charge is 2.40. The smallest absolute Gasteiger partial charge is 0.220 e. The van der Waals surface area contributed by atoms with E-state index in [1.165, 1.54) is 45.1 Å². The highest BCUT2D eigenvalue weighted by atomic mass is 16.2. The average molecular weight is 238 g/mol. The average Bonchev–Trinajstić information content (AvgIpc) is 2.57. The number of hydrogen-bond acceptors (Lipinski definition) is 2. The van der Waals surface area contributed by atoms with Gasteiger partial charge in [-0.1, -0.05) is 26.2 Å². The van der Waals surface area contributed by atoms with Gasteiger partial charge in [0.15, 0.2) is 0 Å². The largest absolute Gasteiger partial charge is 0.334 e. The van der Waals surface area contributed by atoms with E-state index in [1.54, 1.807) is 6.92 Å². The molecule has 0 N–H and O–H groups in total. The minimum atomic E-state index is 0.281. The number of piperazine rings is 1. The Hall–Kier alpha value is -0.570. The zero-order chi connectivity index (χ0) is 12.3. The van der Waals surface area contributed by atoms with E-state index >= 15 is 0 Å². The second-order valence-corrected chi connectivity index (χ2v) is 5.63. The van der Waals surface area contributed by atoms with Crippen molar-refractivity contribution >= 4 is 5.91 Å². The third-order valence-corrected chi connectivity index (χ3v) is 4.25. The summed E-state index contributed by atoms with van der Waals surface area (Å²) in [5.74, 6) is 0.281. The lowest BCUT2D eigenvalue weighted by Crippen LogP contribution is -2.55. The third kappa shape index (κ3) is 3.01. The fraction of sp³-hybridized carbons (Fsp3) is 0.929. The molecule has 0 aromatic rings. The number of hydrogen-bond donors (Lipinski definition) is 0. The SMILES string of the molecule is CCCCCCN1C[C@H]2CC[C@@H](C1)N2C(C)=O. The van der Waals surface area contributed by atoms with E-state index in [-0.39, 0.29) is 5.91 Å².